The number of rotatable bonds is 4. The van der Waals surface area contributed by atoms with E-state index in [4.69, 9.17) is 11.6 Å². The first-order chi connectivity index (χ1) is 9.70. The highest BCUT2D eigenvalue weighted by atomic mass is 35.5. The maximum Gasteiger partial charge on any atom is 0.232 e. The Morgan fingerprint density at radius 2 is 2.25 bits per heavy atom. The largest absolute Gasteiger partial charge is 0.302 e. The van der Waals surface area contributed by atoms with Gasteiger partial charge in [-0.25, -0.2) is 9.97 Å². The Labute approximate surface area is 132 Å². The summed E-state index contributed by atoms with van der Waals surface area (Å²) in [5, 5.41) is 7.94. The smallest absolute Gasteiger partial charge is 0.232 e. The molecule has 102 valence electrons. The van der Waals surface area contributed by atoms with Crippen molar-refractivity contribution in [2.24, 2.45) is 0 Å². The van der Waals surface area contributed by atoms with Crippen LogP contribution in [-0.2, 0) is 11.2 Å². The van der Waals surface area contributed by atoms with Crippen LogP contribution in [0.15, 0.2) is 29.1 Å². The zero-order valence-electron chi connectivity index (χ0n) is 10.00. The number of hydrogen-bond donors (Lipinski definition) is 1. The van der Waals surface area contributed by atoms with Gasteiger partial charge in [-0.15, -0.1) is 34.0 Å². The quantitative estimate of drug-likeness (QED) is 0.775. The molecule has 0 fully saturated rings. The number of carbonyl (C=O) groups excluding carboxylic acids is 1. The number of thiophene rings is 1. The highest BCUT2D eigenvalue weighted by Crippen LogP contribution is 2.32. The fraction of sp³-hybridized carbons (Fsp3) is 0.0833. The molecule has 3 heterocycles. The van der Waals surface area contributed by atoms with Gasteiger partial charge < -0.3 is 5.32 Å². The van der Waals surface area contributed by atoms with Crippen molar-refractivity contribution in [3.05, 3.63) is 39.1 Å². The molecule has 0 aliphatic carbocycles. The summed E-state index contributed by atoms with van der Waals surface area (Å²) in [6, 6.07) is 3.78. The van der Waals surface area contributed by atoms with E-state index < -0.39 is 0 Å². The number of carbonyl (C=O) groups is 1. The van der Waals surface area contributed by atoms with Crippen LogP contribution in [0.1, 0.15) is 5.69 Å². The summed E-state index contributed by atoms with van der Waals surface area (Å²) >= 11 is 10.3. The Morgan fingerprint density at radius 3 is 2.95 bits per heavy atom. The number of amides is 1. The molecule has 0 aliphatic heterocycles. The summed E-state index contributed by atoms with van der Waals surface area (Å²) in [5.74, 6) is -0.110. The summed E-state index contributed by atoms with van der Waals surface area (Å²) in [5.41, 5.74) is 0.753. The predicted molar refractivity (Wildman–Crippen MR) is 84.9 cm³/mol. The molecule has 0 aromatic carbocycles. The van der Waals surface area contributed by atoms with Crippen molar-refractivity contribution in [2.75, 3.05) is 5.32 Å². The molecule has 0 atom stereocenters. The Bertz CT molecular complexity index is 720. The Hall–Kier alpha value is -1.28. The minimum absolute atomic E-state index is 0.110. The van der Waals surface area contributed by atoms with Crippen molar-refractivity contribution in [1.82, 2.24) is 9.97 Å². The number of aromatic nitrogens is 2. The predicted octanol–water partition coefficient (Wildman–Crippen LogP) is 4.16. The normalized spacial score (nSPS) is 10.7. The lowest BCUT2D eigenvalue weighted by Gasteiger charge is -1.98. The molecule has 0 bridgehead atoms. The van der Waals surface area contributed by atoms with Gasteiger partial charge in [-0.1, -0.05) is 11.6 Å². The van der Waals surface area contributed by atoms with Gasteiger partial charge in [0.1, 0.15) is 5.01 Å². The molecule has 1 amide bonds. The lowest BCUT2D eigenvalue weighted by molar-refractivity contribution is -0.115. The van der Waals surface area contributed by atoms with Crippen LogP contribution < -0.4 is 5.32 Å². The molecule has 0 saturated carbocycles. The highest BCUT2D eigenvalue weighted by molar-refractivity contribution is 7.23. The van der Waals surface area contributed by atoms with Gasteiger partial charge in [0.05, 0.1) is 21.3 Å². The third-order valence-corrected chi connectivity index (χ3v) is 5.34. The van der Waals surface area contributed by atoms with E-state index in [0.717, 1.165) is 19.9 Å². The summed E-state index contributed by atoms with van der Waals surface area (Å²) in [7, 11) is 0. The van der Waals surface area contributed by atoms with Crippen molar-refractivity contribution in [3.8, 4) is 9.88 Å². The van der Waals surface area contributed by atoms with Crippen LogP contribution in [0.3, 0.4) is 0 Å². The number of hydrogen-bond acceptors (Lipinski definition) is 6. The molecule has 3 rings (SSSR count). The average molecular weight is 342 g/mol. The van der Waals surface area contributed by atoms with Crippen LogP contribution in [0.5, 0.6) is 0 Å². The zero-order chi connectivity index (χ0) is 13.9. The molecular weight excluding hydrogens is 334 g/mol. The molecule has 0 spiro atoms. The van der Waals surface area contributed by atoms with E-state index in [1.54, 1.807) is 6.20 Å². The number of anilines is 1. The Balaban J connectivity index is 1.66. The topological polar surface area (TPSA) is 54.9 Å². The van der Waals surface area contributed by atoms with Crippen LogP contribution in [0, 0.1) is 0 Å². The monoisotopic (exact) mass is 341 g/mol. The number of thiazole rings is 2. The number of nitrogens with zero attached hydrogens (tertiary/aromatic N) is 2. The molecule has 0 unspecified atom stereocenters. The van der Waals surface area contributed by atoms with Crippen molar-refractivity contribution in [2.45, 2.75) is 6.42 Å². The third kappa shape index (κ3) is 3.24. The number of halogens is 1. The van der Waals surface area contributed by atoms with Crippen molar-refractivity contribution < 1.29 is 4.79 Å². The summed E-state index contributed by atoms with van der Waals surface area (Å²) in [6.07, 6.45) is 1.90. The second-order valence-corrected chi connectivity index (χ2v) is 7.28. The number of nitrogens with one attached hydrogen (secondary N) is 1. The van der Waals surface area contributed by atoms with Crippen LogP contribution in [0.25, 0.3) is 9.88 Å². The molecule has 4 nitrogen and oxygen atoms in total. The van der Waals surface area contributed by atoms with Gasteiger partial charge in [0, 0.05) is 17.0 Å². The van der Waals surface area contributed by atoms with Gasteiger partial charge in [0.15, 0.2) is 5.13 Å². The second-order valence-electron chi connectivity index (χ2n) is 3.81. The minimum Gasteiger partial charge on any atom is -0.302 e. The molecule has 3 aromatic rings. The van der Waals surface area contributed by atoms with Crippen molar-refractivity contribution in [3.63, 3.8) is 0 Å². The molecule has 0 aliphatic rings. The molecule has 20 heavy (non-hydrogen) atoms. The maximum atomic E-state index is 11.8. The molecule has 1 N–H and O–H groups in total. The van der Waals surface area contributed by atoms with Gasteiger partial charge >= 0.3 is 0 Å². The van der Waals surface area contributed by atoms with Gasteiger partial charge in [0.2, 0.25) is 5.91 Å². The van der Waals surface area contributed by atoms with E-state index in [9.17, 15) is 4.79 Å². The fourth-order valence-corrected chi connectivity index (χ4v) is 4.02. The lowest BCUT2D eigenvalue weighted by Crippen LogP contribution is -2.14. The first-order valence-electron chi connectivity index (χ1n) is 5.60. The fourth-order valence-electron chi connectivity index (χ4n) is 1.54. The second kappa shape index (κ2) is 6.01. The SMILES string of the molecule is O=C(Cc1csc(-c2ccc(Cl)s2)n1)Nc1nccs1. The van der Waals surface area contributed by atoms with Crippen LogP contribution >= 0.6 is 45.6 Å². The molecule has 3 aromatic heterocycles. The minimum atomic E-state index is -0.110. The maximum absolute atomic E-state index is 11.8. The highest BCUT2D eigenvalue weighted by Gasteiger charge is 2.11. The Morgan fingerprint density at radius 1 is 1.35 bits per heavy atom. The van der Waals surface area contributed by atoms with Crippen molar-refractivity contribution >= 4 is 56.7 Å². The lowest BCUT2D eigenvalue weighted by atomic mass is 10.3. The first kappa shape index (κ1) is 13.7. The molecule has 0 radical (unpaired) electrons. The summed E-state index contributed by atoms with van der Waals surface area (Å²) in [4.78, 5) is 21.3. The van der Waals surface area contributed by atoms with Crippen LogP contribution in [0.4, 0.5) is 5.13 Å². The van der Waals surface area contributed by atoms with Gasteiger partial charge in [0.25, 0.3) is 0 Å². The average Bonchev–Trinajstić information content (AvgIpc) is 3.10. The van der Waals surface area contributed by atoms with E-state index in [0.29, 0.717) is 5.13 Å². The Kier molecular flexibility index (Phi) is 4.11. The van der Waals surface area contributed by atoms with Gasteiger partial charge in [-0.2, -0.15) is 0 Å². The van der Waals surface area contributed by atoms with Crippen molar-refractivity contribution in [1.29, 1.82) is 0 Å². The summed E-state index contributed by atoms with van der Waals surface area (Å²) in [6.45, 7) is 0. The van der Waals surface area contributed by atoms with Gasteiger partial charge in [-0.3, -0.25) is 4.79 Å². The molecule has 8 heteroatoms. The van der Waals surface area contributed by atoms with E-state index in [1.807, 2.05) is 22.9 Å². The van der Waals surface area contributed by atoms with Crippen LogP contribution in [0.2, 0.25) is 4.34 Å². The van der Waals surface area contributed by atoms with Crippen LogP contribution in [-0.4, -0.2) is 15.9 Å². The summed E-state index contributed by atoms with van der Waals surface area (Å²) < 4.78 is 0.735. The zero-order valence-corrected chi connectivity index (χ0v) is 13.2. The standard InChI is InChI=1S/C12H8ClN3OS3/c13-9-2-1-8(20-9)11-15-7(6-19-11)5-10(17)16-12-14-3-4-18-12/h1-4,6H,5H2,(H,14,16,17). The third-order valence-electron chi connectivity index (χ3n) is 2.36. The van der Waals surface area contributed by atoms with E-state index in [-0.39, 0.29) is 12.3 Å². The van der Waals surface area contributed by atoms with Gasteiger partial charge in [-0.05, 0) is 12.1 Å². The van der Waals surface area contributed by atoms with E-state index >= 15 is 0 Å². The first-order valence-corrected chi connectivity index (χ1v) is 8.55. The van der Waals surface area contributed by atoms with E-state index in [1.165, 1.54) is 34.0 Å². The molecule has 0 saturated heterocycles. The van der Waals surface area contributed by atoms with E-state index in [2.05, 4.69) is 15.3 Å². The molecular formula is C12H8ClN3OS3.